The Labute approximate surface area is 254 Å². The molecule has 4 aromatic carbocycles. The van der Waals surface area contributed by atoms with E-state index in [1.165, 1.54) is 46.2 Å². The molecule has 4 atom stereocenters. The Morgan fingerprint density at radius 1 is 0.619 bits per heavy atom. The summed E-state index contributed by atoms with van der Waals surface area (Å²) in [5, 5.41) is 2.31. The summed E-state index contributed by atoms with van der Waals surface area (Å²) >= 11 is 0. The van der Waals surface area contributed by atoms with Gasteiger partial charge in [0.05, 0.1) is 6.04 Å². The Morgan fingerprint density at radius 2 is 1.17 bits per heavy atom. The maximum Gasteiger partial charge on any atom is 0.105 e. The minimum absolute atomic E-state index is 0.0746. The van der Waals surface area contributed by atoms with E-state index in [1.54, 1.807) is 0 Å². The number of fused-ring (bicyclic) bond motifs is 1. The van der Waals surface area contributed by atoms with E-state index >= 15 is 0 Å². The Hall–Kier alpha value is -3.20. The first-order valence-electron chi connectivity index (χ1n) is 15.9. The Balaban J connectivity index is 1.52. The van der Waals surface area contributed by atoms with Gasteiger partial charge in [-0.25, -0.2) is 0 Å². The molecule has 0 amide bonds. The zero-order valence-corrected chi connectivity index (χ0v) is 26.5. The van der Waals surface area contributed by atoms with Gasteiger partial charge in [-0.1, -0.05) is 130 Å². The van der Waals surface area contributed by atoms with Gasteiger partial charge in [0.1, 0.15) is 6.10 Å². The molecule has 0 bridgehead atoms. The van der Waals surface area contributed by atoms with Crippen LogP contribution in [-0.2, 0) is 17.7 Å². The van der Waals surface area contributed by atoms with Gasteiger partial charge in [-0.05, 0) is 97.6 Å². The third-order valence-corrected chi connectivity index (χ3v) is 8.97. The van der Waals surface area contributed by atoms with Gasteiger partial charge in [0.2, 0.25) is 0 Å². The van der Waals surface area contributed by atoms with Crippen molar-refractivity contribution in [1.29, 1.82) is 0 Å². The fourth-order valence-electron chi connectivity index (χ4n) is 6.57. The summed E-state index contributed by atoms with van der Waals surface area (Å²) in [4.78, 5) is 7.32. The molecule has 2 heteroatoms. The van der Waals surface area contributed by atoms with Crippen LogP contribution in [0.5, 0.6) is 0 Å². The van der Waals surface area contributed by atoms with E-state index in [1.807, 2.05) is 0 Å². The van der Waals surface area contributed by atoms with E-state index in [0.717, 1.165) is 12.8 Å². The number of hydrogen-bond donors (Lipinski definition) is 0. The fourth-order valence-corrected chi connectivity index (χ4v) is 6.57. The Morgan fingerprint density at radius 3 is 1.67 bits per heavy atom. The third-order valence-electron chi connectivity index (χ3n) is 8.97. The van der Waals surface area contributed by atoms with Gasteiger partial charge in [-0.15, -0.1) is 0 Å². The van der Waals surface area contributed by atoms with Crippen molar-refractivity contribution in [3.63, 3.8) is 0 Å². The fraction of sp³-hybridized carbons (Fsp3) is 0.400. The maximum absolute atomic E-state index is 7.32. The van der Waals surface area contributed by atoms with Crippen molar-refractivity contribution in [2.24, 2.45) is 5.92 Å². The molecule has 0 radical (unpaired) electrons. The topological polar surface area (TPSA) is 12.5 Å². The quantitative estimate of drug-likeness (QED) is 0.160. The molecule has 1 aliphatic rings. The Kier molecular flexibility index (Phi) is 9.66. The van der Waals surface area contributed by atoms with Crippen LogP contribution in [0.15, 0.2) is 109 Å². The van der Waals surface area contributed by atoms with Gasteiger partial charge in [0, 0.05) is 5.54 Å². The molecule has 5 rings (SSSR count). The largest absolute Gasteiger partial charge is 0.290 e. The highest BCUT2D eigenvalue weighted by Crippen LogP contribution is 2.43. The van der Waals surface area contributed by atoms with E-state index in [4.69, 9.17) is 4.84 Å². The van der Waals surface area contributed by atoms with Crippen LogP contribution in [0, 0.1) is 5.92 Å². The molecule has 4 unspecified atom stereocenters. The van der Waals surface area contributed by atoms with E-state index in [9.17, 15) is 0 Å². The van der Waals surface area contributed by atoms with Gasteiger partial charge in [-0.2, -0.15) is 5.06 Å². The number of rotatable bonds is 12. The molecule has 0 spiro atoms. The molecule has 0 saturated heterocycles. The van der Waals surface area contributed by atoms with Crippen LogP contribution in [0.4, 0.5) is 0 Å². The molecule has 0 heterocycles. The summed E-state index contributed by atoms with van der Waals surface area (Å²) in [6.45, 7) is 13.8. The lowest BCUT2D eigenvalue weighted by atomic mass is 9.79. The molecule has 2 nitrogen and oxygen atoms in total. The second-order valence-corrected chi connectivity index (χ2v) is 13.6. The van der Waals surface area contributed by atoms with Crippen LogP contribution in [-0.4, -0.2) is 10.6 Å². The van der Waals surface area contributed by atoms with Crippen molar-refractivity contribution in [3.05, 3.63) is 143 Å². The zero-order valence-electron chi connectivity index (χ0n) is 26.5. The lowest BCUT2D eigenvalue weighted by molar-refractivity contribution is -0.278. The number of aryl methyl sites for hydroxylation is 2. The highest BCUT2D eigenvalue weighted by Gasteiger charge is 2.36. The second-order valence-electron chi connectivity index (χ2n) is 13.6. The van der Waals surface area contributed by atoms with Gasteiger partial charge < -0.3 is 0 Å². The van der Waals surface area contributed by atoms with Crippen molar-refractivity contribution in [2.45, 2.75) is 96.7 Å². The third kappa shape index (κ3) is 7.22. The molecule has 0 saturated carbocycles. The highest BCUT2D eigenvalue weighted by atomic mass is 16.7. The standard InChI is InChI=1S/C40H49NO/c1-29(2)39(34-20-14-9-15-21-34)41(40(4,5)6)42-38(33-18-12-8-13-19-33)28-37(26-30(3)31-16-10-7-11-17-31)36-25-23-32-22-24-35(32)27-36/h7-21,23,25,27,29-30,37-39H,22,24,26,28H2,1-6H3. The summed E-state index contributed by atoms with van der Waals surface area (Å²) in [5.74, 6) is 1.20. The zero-order chi connectivity index (χ0) is 29.7. The van der Waals surface area contributed by atoms with Crippen molar-refractivity contribution in [1.82, 2.24) is 5.06 Å². The summed E-state index contributed by atoms with van der Waals surface area (Å²) in [6, 6.07) is 40.2. The lowest BCUT2D eigenvalue weighted by Crippen LogP contribution is -2.46. The van der Waals surface area contributed by atoms with Crippen LogP contribution in [0.25, 0.3) is 0 Å². The summed E-state index contributed by atoms with van der Waals surface area (Å²) in [7, 11) is 0. The lowest BCUT2D eigenvalue weighted by Gasteiger charge is -2.45. The predicted molar refractivity (Wildman–Crippen MR) is 177 cm³/mol. The van der Waals surface area contributed by atoms with E-state index < -0.39 is 0 Å². The van der Waals surface area contributed by atoms with Crippen LogP contribution < -0.4 is 0 Å². The van der Waals surface area contributed by atoms with Crippen LogP contribution in [0.1, 0.15) is 112 Å². The molecule has 1 aliphatic carbocycles. The average molecular weight is 560 g/mol. The number of nitrogens with zero attached hydrogens (tertiary/aromatic N) is 1. The number of hydrogen-bond acceptors (Lipinski definition) is 2. The molecular formula is C40H49NO. The first-order valence-corrected chi connectivity index (χ1v) is 15.9. The number of hydroxylamine groups is 2. The van der Waals surface area contributed by atoms with Crippen LogP contribution in [0.2, 0.25) is 0 Å². The minimum atomic E-state index is -0.194. The van der Waals surface area contributed by atoms with Crippen molar-refractivity contribution in [3.8, 4) is 0 Å². The molecule has 42 heavy (non-hydrogen) atoms. The van der Waals surface area contributed by atoms with Crippen molar-refractivity contribution in [2.75, 3.05) is 0 Å². The normalized spacial score (nSPS) is 16.0. The molecule has 0 fully saturated rings. The first-order chi connectivity index (χ1) is 20.2. The predicted octanol–water partition coefficient (Wildman–Crippen LogP) is 10.6. The number of benzene rings is 4. The molecule has 220 valence electrons. The van der Waals surface area contributed by atoms with Crippen LogP contribution in [0.3, 0.4) is 0 Å². The van der Waals surface area contributed by atoms with Crippen molar-refractivity contribution >= 4 is 0 Å². The van der Waals surface area contributed by atoms with Crippen molar-refractivity contribution < 1.29 is 4.84 Å². The summed E-state index contributed by atoms with van der Waals surface area (Å²) in [6.07, 6.45) is 4.35. The molecule has 0 aliphatic heterocycles. The average Bonchev–Trinajstić information content (AvgIpc) is 2.97. The first kappa shape index (κ1) is 30.3. The second kappa shape index (κ2) is 13.4. The van der Waals surface area contributed by atoms with Gasteiger partial charge in [-0.3, -0.25) is 4.84 Å². The molecule has 4 aromatic rings. The summed E-state index contributed by atoms with van der Waals surface area (Å²) < 4.78 is 0. The van der Waals surface area contributed by atoms with Gasteiger partial charge in [0.15, 0.2) is 0 Å². The molecule has 0 aromatic heterocycles. The van der Waals surface area contributed by atoms with Crippen LogP contribution >= 0.6 is 0 Å². The minimum Gasteiger partial charge on any atom is -0.290 e. The van der Waals surface area contributed by atoms with Gasteiger partial charge in [0.25, 0.3) is 0 Å². The van der Waals surface area contributed by atoms with E-state index in [-0.39, 0.29) is 17.7 Å². The van der Waals surface area contributed by atoms with E-state index in [0.29, 0.717) is 17.8 Å². The van der Waals surface area contributed by atoms with Gasteiger partial charge >= 0.3 is 0 Å². The van der Waals surface area contributed by atoms with E-state index in [2.05, 4.69) is 156 Å². The smallest absolute Gasteiger partial charge is 0.105 e. The molecular weight excluding hydrogens is 510 g/mol. The maximum atomic E-state index is 7.32. The highest BCUT2D eigenvalue weighted by molar-refractivity contribution is 5.40. The Bertz CT molecular complexity index is 1390. The molecule has 0 N–H and O–H groups in total. The monoisotopic (exact) mass is 559 g/mol. The summed E-state index contributed by atoms with van der Waals surface area (Å²) in [5.41, 5.74) is 8.25. The SMILES string of the molecule is CC(CC(CC(ON(C(c1ccccc1)C(C)C)C(C)(C)C)c1ccccc1)c1ccc2c(c1)CC2)c1ccccc1.